The lowest BCUT2D eigenvalue weighted by Gasteiger charge is -2.13. The summed E-state index contributed by atoms with van der Waals surface area (Å²) >= 11 is 0. The number of ether oxygens (including phenoxy) is 1. The topological polar surface area (TPSA) is 59.4 Å². The third-order valence-electron chi connectivity index (χ3n) is 3.49. The Hall–Kier alpha value is -2.10. The van der Waals surface area contributed by atoms with Gasteiger partial charge < -0.3 is 9.84 Å². The van der Waals surface area contributed by atoms with E-state index in [0.29, 0.717) is 17.9 Å². The van der Waals surface area contributed by atoms with E-state index in [-0.39, 0.29) is 11.4 Å². The first-order valence-electron chi connectivity index (χ1n) is 7.82. The van der Waals surface area contributed by atoms with Gasteiger partial charge in [-0.2, -0.15) is 0 Å². The van der Waals surface area contributed by atoms with Crippen molar-refractivity contribution < 1.29 is 14.6 Å². The van der Waals surface area contributed by atoms with Gasteiger partial charge in [0.15, 0.2) is 11.4 Å². The van der Waals surface area contributed by atoms with Crippen LogP contribution in [0.5, 0.6) is 5.75 Å². The first-order valence-corrected chi connectivity index (χ1v) is 7.82. The smallest absolute Gasteiger partial charge is 0.360 e. The molecule has 2 rings (SSSR count). The molecule has 0 radical (unpaired) electrons. The number of benzene rings is 1. The summed E-state index contributed by atoms with van der Waals surface area (Å²) in [5.41, 5.74) is 0.844. The van der Waals surface area contributed by atoms with Crippen LogP contribution in [-0.4, -0.2) is 22.7 Å². The summed E-state index contributed by atoms with van der Waals surface area (Å²) < 4.78 is 5.20. The average Bonchev–Trinajstić information content (AvgIpc) is 2.50. The van der Waals surface area contributed by atoms with Crippen molar-refractivity contribution in [1.82, 2.24) is 4.98 Å². The molecule has 2 aromatic rings. The molecule has 0 bridgehead atoms. The molecule has 0 amide bonds. The molecular formula is C18H23NO3. The molecule has 0 spiro atoms. The molecule has 0 aliphatic carbocycles. The Morgan fingerprint density at radius 3 is 2.59 bits per heavy atom. The van der Waals surface area contributed by atoms with E-state index in [1.54, 1.807) is 6.07 Å². The maximum atomic E-state index is 12.2. The first kappa shape index (κ1) is 16.3. The number of aromatic nitrogens is 1. The van der Waals surface area contributed by atoms with Gasteiger partial charge in [-0.25, -0.2) is 9.78 Å². The fourth-order valence-corrected chi connectivity index (χ4v) is 2.38. The predicted octanol–water partition coefficient (Wildman–Crippen LogP) is 4.10. The fourth-order valence-electron chi connectivity index (χ4n) is 2.38. The number of aromatic hydroxyl groups is 1. The molecule has 118 valence electrons. The van der Waals surface area contributed by atoms with Crippen LogP contribution >= 0.6 is 0 Å². The molecule has 0 saturated carbocycles. The van der Waals surface area contributed by atoms with Gasteiger partial charge in [-0.3, -0.25) is 0 Å². The summed E-state index contributed by atoms with van der Waals surface area (Å²) in [6.45, 7) is 6.58. The highest BCUT2D eigenvalue weighted by molar-refractivity contribution is 6.00. The molecule has 0 fully saturated rings. The van der Waals surface area contributed by atoms with Gasteiger partial charge in [-0.1, -0.05) is 51.5 Å². The van der Waals surface area contributed by atoms with Gasteiger partial charge in [0.2, 0.25) is 0 Å². The molecule has 0 atom stereocenters. The van der Waals surface area contributed by atoms with E-state index in [0.717, 1.165) is 30.3 Å². The summed E-state index contributed by atoms with van der Waals surface area (Å²) in [5, 5.41) is 11.9. The van der Waals surface area contributed by atoms with Crippen LogP contribution < -0.4 is 0 Å². The third kappa shape index (κ3) is 3.56. The number of nitrogens with zero attached hydrogens (tertiary/aromatic N) is 1. The fraction of sp³-hybridized carbons (Fsp3) is 0.444. The normalized spacial score (nSPS) is 11.1. The van der Waals surface area contributed by atoms with Crippen LogP contribution in [0.25, 0.3) is 10.8 Å². The Morgan fingerprint density at radius 1 is 1.27 bits per heavy atom. The summed E-state index contributed by atoms with van der Waals surface area (Å²) in [4.78, 5) is 16.6. The SMILES string of the molecule is CCCCOC(=O)c1nc(CC(C)C)c2ccccc2c1O. The molecule has 1 heterocycles. The number of unbranched alkanes of at least 4 members (excludes halogenated alkanes) is 1. The average molecular weight is 301 g/mol. The van der Waals surface area contributed by atoms with E-state index in [9.17, 15) is 9.90 Å². The number of carbonyl (C=O) groups excluding carboxylic acids is 1. The minimum atomic E-state index is -0.554. The molecule has 1 N–H and O–H groups in total. The van der Waals surface area contributed by atoms with E-state index in [1.807, 2.05) is 25.1 Å². The van der Waals surface area contributed by atoms with Gasteiger partial charge >= 0.3 is 5.97 Å². The van der Waals surface area contributed by atoms with Gasteiger partial charge in [-0.15, -0.1) is 0 Å². The number of esters is 1. The summed E-state index contributed by atoms with van der Waals surface area (Å²) in [7, 11) is 0. The number of fused-ring (bicyclic) bond motifs is 1. The van der Waals surface area contributed by atoms with Crippen molar-refractivity contribution in [2.45, 2.75) is 40.0 Å². The van der Waals surface area contributed by atoms with Crippen LogP contribution in [0.4, 0.5) is 0 Å². The minimum absolute atomic E-state index is 0.0189. The Kier molecular flexibility index (Phi) is 5.36. The van der Waals surface area contributed by atoms with Crippen molar-refractivity contribution in [3.8, 4) is 5.75 Å². The van der Waals surface area contributed by atoms with Crippen LogP contribution in [0.3, 0.4) is 0 Å². The maximum absolute atomic E-state index is 12.2. The van der Waals surface area contributed by atoms with Gasteiger partial charge in [0.25, 0.3) is 0 Å². The van der Waals surface area contributed by atoms with Crippen LogP contribution in [0, 0.1) is 5.92 Å². The summed E-state index contributed by atoms with van der Waals surface area (Å²) in [6.07, 6.45) is 2.50. The lowest BCUT2D eigenvalue weighted by Crippen LogP contribution is -2.11. The largest absolute Gasteiger partial charge is 0.505 e. The lowest BCUT2D eigenvalue weighted by atomic mass is 10.0. The predicted molar refractivity (Wildman–Crippen MR) is 87.1 cm³/mol. The number of carbonyl (C=O) groups is 1. The third-order valence-corrected chi connectivity index (χ3v) is 3.49. The second-order valence-electron chi connectivity index (χ2n) is 5.89. The Bertz CT molecular complexity index is 665. The Balaban J connectivity index is 2.45. The second kappa shape index (κ2) is 7.25. The Labute approximate surface area is 131 Å². The highest BCUT2D eigenvalue weighted by Crippen LogP contribution is 2.31. The van der Waals surface area contributed by atoms with E-state index >= 15 is 0 Å². The highest BCUT2D eigenvalue weighted by Gasteiger charge is 2.20. The minimum Gasteiger partial charge on any atom is -0.505 e. The molecule has 0 saturated heterocycles. The van der Waals surface area contributed by atoms with Crippen molar-refractivity contribution >= 4 is 16.7 Å². The zero-order valence-electron chi connectivity index (χ0n) is 13.4. The first-order chi connectivity index (χ1) is 10.5. The monoisotopic (exact) mass is 301 g/mol. The van der Waals surface area contributed by atoms with Crippen molar-refractivity contribution in [2.24, 2.45) is 5.92 Å². The quantitative estimate of drug-likeness (QED) is 0.644. The Morgan fingerprint density at radius 2 is 1.95 bits per heavy atom. The van der Waals surface area contributed by atoms with Crippen molar-refractivity contribution in [3.63, 3.8) is 0 Å². The van der Waals surface area contributed by atoms with Gasteiger partial charge in [0, 0.05) is 16.5 Å². The zero-order chi connectivity index (χ0) is 16.1. The highest BCUT2D eigenvalue weighted by atomic mass is 16.5. The van der Waals surface area contributed by atoms with E-state index in [4.69, 9.17) is 4.74 Å². The lowest BCUT2D eigenvalue weighted by molar-refractivity contribution is 0.0489. The van der Waals surface area contributed by atoms with E-state index in [1.165, 1.54) is 0 Å². The molecule has 1 aromatic carbocycles. The van der Waals surface area contributed by atoms with Crippen LogP contribution in [0.2, 0.25) is 0 Å². The van der Waals surface area contributed by atoms with Crippen molar-refractivity contribution in [3.05, 3.63) is 35.7 Å². The molecule has 0 unspecified atom stereocenters. The van der Waals surface area contributed by atoms with Crippen molar-refractivity contribution in [2.75, 3.05) is 6.61 Å². The molecular weight excluding hydrogens is 278 g/mol. The van der Waals surface area contributed by atoms with Crippen molar-refractivity contribution in [1.29, 1.82) is 0 Å². The van der Waals surface area contributed by atoms with Gasteiger partial charge in [-0.05, 0) is 18.8 Å². The van der Waals surface area contributed by atoms with Gasteiger partial charge in [0.05, 0.1) is 6.61 Å². The number of rotatable bonds is 6. The molecule has 4 heteroatoms. The number of hydrogen-bond donors (Lipinski definition) is 1. The summed E-state index contributed by atoms with van der Waals surface area (Å²) in [5.74, 6) is -0.240. The van der Waals surface area contributed by atoms with Crippen LogP contribution in [0.15, 0.2) is 24.3 Å². The van der Waals surface area contributed by atoms with Gasteiger partial charge in [0.1, 0.15) is 0 Å². The van der Waals surface area contributed by atoms with Crippen LogP contribution in [-0.2, 0) is 11.2 Å². The standard InChI is InChI=1S/C18H23NO3/c1-4-5-10-22-18(21)16-17(20)14-9-7-6-8-13(14)15(19-16)11-12(2)3/h6-9,12,20H,4-5,10-11H2,1-3H3. The number of pyridine rings is 1. The molecule has 0 aliphatic heterocycles. The summed E-state index contributed by atoms with van der Waals surface area (Å²) in [6, 6.07) is 7.48. The molecule has 0 aliphatic rings. The van der Waals surface area contributed by atoms with E-state index in [2.05, 4.69) is 18.8 Å². The van der Waals surface area contributed by atoms with E-state index < -0.39 is 5.97 Å². The zero-order valence-corrected chi connectivity index (χ0v) is 13.4. The molecule has 4 nitrogen and oxygen atoms in total. The molecule has 1 aromatic heterocycles. The number of hydrogen-bond acceptors (Lipinski definition) is 4. The molecule has 22 heavy (non-hydrogen) atoms. The second-order valence-corrected chi connectivity index (χ2v) is 5.89. The van der Waals surface area contributed by atoms with Crippen LogP contribution in [0.1, 0.15) is 49.8 Å². The maximum Gasteiger partial charge on any atom is 0.360 e.